The molecule has 4 N–H and O–H groups in total. The maximum Gasteiger partial charge on any atom is 0.239 e. The molecule has 5 nitrogen and oxygen atoms in total. The van der Waals surface area contributed by atoms with E-state index in [0.717, 1.165) is 43.4 Å². The van der Waals surface area contributed by atoms with Crippen molar-refractivity contribution in [3.05, 3.63) is 0 Å². The Morgan fingerprint density at radius 3 is 2.00 bits per heavy atom. The normalized spacial score (nSPS) is 37.9. The molecule has 2 amide bonds. The summed E-state index contributed by atoms with van der Waals surface area (Å²) in [5, 5.41) is 5.96. The molecule has 5 saturated carbocycles. The summed E-state index contributed by atoms with van der Waals surface area (Å²) in [5.41, 5.74) is 5.87. The molecule has 0 heterocycles. The van der Waals surface area contributed by atoms with E-state index in [1.807, 2.05) is 0 Å². The number of hydrogen-bond donors (Lipinski definition) is 3. The lowest BCUT2D eigenvalue weighted by atomic mass is 9.49. The summed E-state index contributed by atoms with van der Waals surface area (Å²) in [5.74, 6) is 2.54. The number of rotatable bonds is 6. The van der Waals surface area contributed by atoms with E-state index < -0.39 is 0 Å². The fourth-order valence-electron chi connectivity index (χ4n) is 6.86. The standard InChI is InChI=1S/C20H33N3O2/c21-13-20(3-1-2-4-20)23-18(25)12-22-17(24)11-19-8-14-5-15(9-19)7-16(6-14)10-19/h14-16H,1-13,21H2,(H,22,24)(H,23,25). The van der Waals surface area contributed by atoms with E-state index in [4.69, 9.17) is 5.73 Å². The average Bonchev–Trinajstić information content (AvgIpc) is 3.00. The third kappa shape index (κ3) is 3.57. The zero-order valence-corrected chi connectivity index (χ0v) is 15.3. The smallest absolute Gasteiger partial charge is 0.239 e. The minimum Gasteiger partial charge on any atom is -0.348 e. The molecule has 5 rings (SSSR count). The van der Waals surface area contributed by atoms with Gasteiger partial charge in [0.1, 0.15) is 0 Å². The van der Waals surface area contributed by atoms with Gasteiger partial charge in [-0.25, -0.2) is 0 Å². The molecule has 0 saturated heterocycles. The topological polar surface area (TPSA) is 84.2 Å². The summed E-state index contributed by atoms with van der Waals surface area (Å²) in [6.07, 6.45) is 12.6. The Kier molecular flexibility index (Phi) is 4.55. The van der Waals surface area contributed by atoms with Crippen molar-refractivity contribution in [2.24, 2.45) is 28.9 Å². The van der Waals surface area contributed by atoms with Crippen LogP contribution in [0.25, 0.3) is 0 Å². The molecule has 0 spiro atoms. The maximum atomic E-state index is 12.5. The van der Waals surface area contributed by atoms with Gasteiger partial charge >= 0.3 is 0 Å². The predicted molar refractivity (Wildman–Crippen MR) is 96.6 cm³/mol. The van der Waals surface area contributed by atoms with Gasteiger partial charge in [0.25, 0.3) is 0 Å². The fourth-order valence-corrected chi connectivity index (χ4v) is 6.86. The van der Waals surface area contributed by atoms with Crippen LogP contribution in [0.3, 0.4) is 0 Å². The summed E-state index contributed by atoms with van der Waals surface area (Å²) in [7, 11) is 0. The van der Waals surface area contributed by atoms with Gasteiger partial charge in [0.05, 0.1) is 12.1 Å². The quantitative estimate of drug-likeness (QED) is 0.688. The van der Waals surface area contributed by atoms with E-state index in [1.165, 1.54) is 38.5 Å². The highest BCUT2D eigenvalue weighted by molar-refractivity contribution is 5.85. The van der Waals surface area contributed by atoms with Crippen molar-refractivity contribution in [3.8, 4) is 0 Å². The van der Waals surface area contributed by atoms with Gasteiger partial charge in [-0.1, -0.05) is 12.8 Å². The van der Waals surface area contributed by atoms with Crippen LogP contribution >= 0.6 is 0 Å². The molecule has 25 heavy (non-hydrogen) atoms. The van der Waals surface area contributed by atoms with Crippen molar-refractivity contribution in [2.75, 3.05) is 13.1 Å². The van der Waals surface area contributed by atoms with Gasteiger partial charge in [-0.3, -0.25) is 9.59 Å². The van der Waals surface area contributed by atoms with Crippen molar-refractivity contribution in [1.82, 2.24) is 10.6 Å². The van der Waals surface area contributed by atoms with Crippen LogP contribution in [0.5, 0.6) is 0 Å². The summed E-state index contributed by atoms with van der Waals surface area (Å²) in [6, 6.07) is 0. The average molecular weight is 348 g/mol. The molecule has 0 unspecified atom stereocenters. The molecular weight excluding hydrogens is 314 g/mol. The molecule has 5 heteroatoms. The first-order valence-corrected chi connectivity index (χ1v) is 10.3. The van der Waals surface area contributed by atoms with Gasteiger partial charge in [0, 0.05) is 13.0 Å². The summed E-state index contributed by atoms with van der Waals surface area (Å²) >= 11 is 0. The van der Waals surface area contributed by atoms with Gasteiger partial charge in [-0.2, -0.15) is 0 Å². The molecule has 0 aromatic heterocycles. The predicted octanol–water partition coefficient (Wildman–Crippen LogP) is 2.10. The molecule has 0 atom stereocenters. The van der Waals surface area contributed by atoms with Crippen molar-refractivity contribution < 1.29 is 9.59 Å². The SMILES string of the molecule is NCC1(NC(=O)CNC(=O)CC23CC4CC(CC(C4)C2)C3)CCCC1. The van der Waals surface area contributed by atoms with Crippen LogP contribution in [0.1, 0.15) is 70.6 Å². The molecule has 0 aliphatic heterocycles. The van der Waals surface area contributed by atoms with Gasteiger partial charge < -0.3 is 16.4 Å². The van der Waals surface area contributed by atoms with Crippen molar-refractivity contribution >= 4 is 11.8 Å². The largest absolute Gasteiger partial charge is 0.348 e. The highest BCUT2D eigenvalue weighted by atomic mass is 16.2. The number of carbonyl (C=O) groups excluding carboxylic acids is 2. The first-order valence-electron chi connectivity index (χ1n) is 10.3. The Hall–Kier alpha value is -1.10. The lowest BCUT2D eigenvalue weighted by molar-refractivity contribution is -0.132. The monoisotopic (exact) mass is 347 g/mol. The molecular formula is C20H33N3O2. The molecule has 4 bridgehead atoms. The molecule has 0 aromatic carbocycles. The van der Waals surface area contributed by atoms with Crippen LogP contribution in [-0.2, 0) is 9.59 Å². The molecule has 5 fully saturated rings. The van der Waals surface area contributed by atoms with Crippen molar-refractivity contribution in [1.29, 1.82) is 0 Å². The fraction of sp³-hybridized carbons (Fsp3) is 0.900. The van der Waals surface area contributed by atoms with Crippen LogP contribution in [0.15, 0.2) is 0 Å². The van der Waals surface area contributed by atoms with Crippen LogP contribution < -0.4 is 16.4 Å². The van der Waals surface area contributed by atoms with Gasteiger partial charge in [-0.05, 0) is 74.5 Å². The summed E-state index contributed by atoms with van der Waals surface area (Å²) in [6.45, 7) is 0.576. The number of carbonyl (C=O) groups is 2. The van der Waals surface area contributed by atoms with Crippen LogP contribution in [0.4, 0.5) is 0 Å². The van der Waals surface area contributed by atoms with Crippen LogP contribution in [0, 0.1) is 23.2 Å². The maximum absolute atomic E-state index is 12.5. The van der Waals surface area contributed by atoms with Crippen molar-refractivity contribution in [2.45, 2.75) is 76.2 Å². The molecule has 0 aromatic rings. The van der Waals surface area contributed by atoms with Crippen LogP contribution in [-0.4, -0.2) is 30.4 Å². The van der Waals surface area contributed by atoms with E-state index in [2.05, 4.69) is 10.6 Å². The van der Waals surface area contributed by atoms with Gasteiger partial charge in [-0.15, -0.1) is 0 Å². The molecule has 140 valence electrons. The highest BCUT2D eigenvalue weighted by Crippen LogP contribution is 2.61. The van der Waals surface area contributed by atoms with Crippen molar-refractivity contribution in [3.63, 3.8) is 0 Å². The van der Waals surface area contributed by atoms with Gasteiger partial charge in [0.15, 0.2) is 0 Å². The lowest BCUT2D eigenvalue weighted by Gasteiger charge is -2.56. The minimum atomic E-state index is -0.234. The second-order valence-corrected chi connectivity index (χ2v) is 9.61. The first-order chi connectivity index (χ1) is 12.0. The highest BCUT2D eigenvalue weighted by Gasteiger charge is 2.51. The zero-order valence-electron chi connectivity index (χ0n) is 15.3. The Bertz CT molecular complexity index is 504. The third-order valence-electron chi connectivity index (χ3n) is 7.50. The number of hydrogen-bond acceptors (Lipinski definition) is 3. The van der Waals surface area contributed by atoms with E-state index in [1.54, 1.807) is 0 Å². The second-order valence-electron chi connectivity index (χ2n) is 9.61. The Labute approximate surface area is 150 Å². The van der Waals surface area contributed by atoms with E-state index in [0.29, 0.717) is 13.0 Å². The first kappa shape index (κ1) is 17.3. The van der Waals surface area contributed by atoms with Crippen LogP contribution in [0.2, 0.25) is 0 Å². The summed E-state index contributed by atoms with van der Waals surface area (Å²) < 4.78 is 0. The molecule has 5 aliphatic carbocycles. The number of nitrogens with one attached hydrogen (secondary N) is 2. The Morgan fingerprint density at radius 1 is 0.920 bits per heavy atom. The summed E-state index contributed by atoms with van der Waals surface area (Å²) in [4.78, 5) is 24.8. The second kappa shape index (κ2) is 6.57. The molecule has 0 radical (unpaired) electrons. The van der Waals surface area contributed by atoms with E-state index in [9.17, 15) is 9.59 Å². The van der Waals surface area contributed by atoms with Gasteiger partial charge in [0.2, 0.25) is 11.8 Å². The van der Waals surface area contributed by atoms with E-state index >= 15 is 0 Å². The Balaban J connectivity index is 1.26. The molecule has 5 aliphatic rings. The number of nitrogens with two attached hydrogens (primary N) is 1. The van der Waals surface area contributed by atoms with E-state index in [-0.39, 0.29) is 29.3 Å². The number of amides is 2. The zero-order chi connectivity index (χ0) is 17.5. The minimum absolute atomic E-state index is 0.0605. The lowest BCUT2D eigenvalue weighted by Crippen LogP contribution is -2.54. The Morgan fingerprint density at radius 2 is 1.48 bits per heavy atom. The third-order valence-corrected chi connectivity index (χ3v) is 7.50.